The van der Waals surface area contributed by atoms with Crippen LogP contribution in [0.15, 0.2) is 24.3 Å². The van der Waals surface area contributed by atoms with Gasteiger partial charge in [-0.15, -0.1) is 0 Å². The van der Waals surface area contributed by atoms with Gasteiger partial charge in [0.1, 0.15) is 0 Å². The zero-order valence-electron chi connectivity index (χ0n) is 6.37. The second-order valence-corrected chi connectivity index (χ2v) is 4.15. The molecule has 1 aromatic carbocycles. The van der Waals surface area contributed by atoms with E-state index in [4.69, 9.17) is 23.2 Å². The van der Waals surface area contributed by atoms with Crippen LogP contribution >= 0.6 is 34.7 Å². The lowest BCUT2D eigenvalue weighted by Gasteiger charge is -1.94. The van der Waals surface area contributed by atoms with Crippen molar-refractivity contribution in [1.82, 2.24) is 9.36 Å². The normalized spacial score (nSPS) is 10.3. The van der Waals surface area contributed by atoms with Crippen molar-refractivity contribution in [2.45, 2.75) is 0 Å². The largest absolute Gasteiger partial charge is 0.203 e. The SMILES string of the molecule is Clc1cccc(-c2nsc(Cl)n2)c1. The molecule has 0 spiro atoms. The third-order valence-electron chi connectivity index (χ3n) is 1.48. The molecule has 1 heterocycles. The zero-order chi connectivity index (χ0) is 9.26. The summed E-state index contributed by atoms with van der Waals surface area (Å²) in [6, 6.07) is 7.36. The Morgan fingerprint density at radius 2 is 2.08 bits per heavy atom. The molecule has 0 aliphatic rings. The highest BCUT2D eigenvalue weighted by Crippen LogP contribution is 2.23. The molecule has 0 amide bonds. The average Bonchev–Trinajstić information content (AvgIpc) is 2.52. The van der Waals surface area contributed by atoms with Crippen molar-refractivity contribution >= 4 is 34.7 Å². The molecule has 0 saturated carbocycles. The van der Waals surface area contributed by atoms with E-state index in [1.165, 1.54) is 11.5 Å². The molecule has 2 aromatic rings. The second kappa shape index (κ2) is 3.62. The molecule has 5 heteroatoms. The molecule has 0 radical (unpaired) electrons. The minimum absolute atomic E-state index is 0.440. The predicted octanol–water partition coefficient (Wildman–Crippen LogP) is 3.51. The summed E-state index contributed by atoms with van der Waals surface area (Å²) < 4.78 is 4.51. The van der Waals surface area contributed by atoms with Crippen LogP contribution in [0, 0.1) is 0 Å². The highest BCUT2D eigenvalue weighted by molar-refractivity contribution is 7.10. The van der Waals surface area contributed by atoms with E-state index in [9.17, 15) is 0 Å². The van der Waals surface area contributed by atoms with Gasteiger partial charge in [-0.2, -0.15) is 4.37 Å². The summed E-state index contributed by atoms with van der Waals surface area (Å²) in [5.74, 6) is 0.623. The standard InChI is InChI=1S/C8H4Cl2N2S/c9-6-3-1-2-5(4-6)7-11-8(10)13-12-7/h1-4H. The van der Waals surface area contributed by atoms with E-state index < -0.39 is 0 Å². The lowest BCUT2D eigenvalue weighted by atomic mass is 10.2. The summed E-state index contributed by atoms with van der Waals surface area (Å²) >= 11 is 12.6. The fourth-order valence-electron chi connectivity index (χ4n) is 0.950. The Morgan fingerprint density at radius 3 is 2.69 bits per heavy atom. The van der Waals surface area contributed by atoms with Gasteiger partial charge in [0.05, 0.1) is 0 Å². The summed E-state index contributed by atoms with van der Waals surface area (Å²) in [7, 11) is 0. The van der Waals surface area contributed by atoms with Crippen LogP contribution in [0.5, 0.6) is 0 Å². The van der Waals surface area contributed by atoms with Crippen molar-refractivity contribution in [2.75, 3.05) is 0 Å². The zero-order valence-corrected chi connectivity index (χ0v) is 8.70. The molecule has 2 nitrogen and oxygen atoms in total. The quantitative estimate of drug-likeness (QED) is 0.750. The first-order valence-electron chi connectivity index (χ1n) is 3.51. The van der Waals surface area contributed by atoms with E-state index in [1.807, 2.05) is 12.1 Å². The maximum Gasteiger partial charge on any atom is 0.203 e. The van der Waals surface area contributed by atoms with Crippen LogP contribution in [0.25, 0.3) is 11.4 Å². The highest BCUT2D eigenvalue weighted by atomic mass is 35.5. The number of nitrogens with zero attached hydrogens (tertiary/aromatic N) is 2. The Labute approximate surface area is 89.3 Å². The van der Waals surface area contributed by atoms with Crippen molar-refractivity contribution in [3.63, 3.8) is 0 Å². The Hall–Kier alpha value is -0.640. The van der Waals surface area contributed by atoms with Gasteiger partial charge >= 0.3 is 0 Å². The third-order valence-corrected chi connectivity index (χ3v) is 2.52. The molecule has 66 valence electrons. The number of aromatic nitrogens is 2. The van der Waals surface area contributed by atoms with Gasteiger partial charge in [0.2, 0.25) is 4.47 Å². The molecular formula is C8H4Cl2N2S. The van der Waals surface area contributed by atoms with Gasteiger partial charge in [-0.05, 0) is 35.3 Å². The number of hydrogen-bond donors (Lipinski definition) is 0. The van der Waals surface area contributed by atoms with Crippen molar-refractivity contribution in [2.24, 2.45) is 0 Å². The molecule has 13 heavy (non-hydrogen) atoms. The number of rotatable bonds is 1. The Bertz CT molecular complexity index is 428. The average molecular weight is 231 g/mol. The predicted molar refractivity (Wildman–Crippen MR) is 55.4 cm³/mol. The van der Waals surface area contributed by atoms with Gasteiger partial charge < -0.3 is 0 Å². The number of benzene rings is 1. The lowest BCUT2D eigenvalue weighted by Crippen LogP contribution is -1.78. The molecule has 2 rings (SSSR count). The second-order valence-electron chi connectivity index (χ2n) is 2.38. The monoisotopic (exact) mass is 230 g/mol. The summed E-state index contributed by atoms with van der Waals surface area (Å²) in [5.41, 5.74) is 0.885. The molecular weight excluding hydrogens is 227 g/mol. The molecule has 0 aliphatic heterocycles. The summed E-state index contributed by atoms with van der Waals surface area (Å²) in [6.45, 7) is 0. The van der Waals surface area contributed by atoms with Crippen LogP contribution in [-0.4, -0.2) is 9.36 Å². The van der Waals surface area contributed by atoms with Crippen molar-refractivity contribution in [1.29, 1.82) is 0 Å². The van der Waals surface area contributed by atoms with E-state index in [0.29, 0.717) is 15.3 Å². The van der Waals surface area contributed by atoms with E-state index in [1.54, 1.807) is 12.1 Å². The van der Waals surface area contributed by atoms with E-state index >= 15 is 0 Å². The van der Waals surface area contributed by atoms with Gasteiger partial charge in [0.15, 0.2) is 5.82 Å². The maximum absolute atomic E-state index is 5.82. The van der Waals surface area contributed by atoms with Crippen LogP contribution in [0.2, 0.25) is 9.49 Å². The maximum atomic E-state index is 5.82. The highest BCUT2D eigenvalue weighted by Gasteiger charge is 2.04. The minimum Gasteiger partial charge on any atom is -0.203 e. The van der Waals surface area contributed by atoms with E-state index in [-0.39, 0.29) is 0 Å². The molecule has 0 fully saturated rings. The van der Waals surface area contributed by atoms with Crippen LogP contribution < -0.4 is 0 Å². The molecule has 0 aliphatic carbocycles. The lowest BCUT2D eigenvalue weighted by molar-refractivity contribution is 1.33. The van der Waals surface area contributed by atoms with E-state index in [2.05, 4.69) is 9.36 Å². The third kappa shape index (κ3) is 1.99. The number of hydrogen-bond acceptors (Lipinski definition) is 3. The first-order chi connectivity index (χ1) is 6.25. The van der Waals surface area contributed by atoms with Gasteiger partial charge in [-0.25, -0.2) is 4.98 Å². The smallest absolute Gasteiger partial charge is 0.203 e. The topological polar surface area (TPSA) is 25.8 Å². The first kappa shape index (κ1) is 8.94. The van der Waals surface area contributed by atoms with Crippen molar-refractivity contribution < 1.29 is 0 Å². The summed E-state index contributed by atoms with van der Waals surface area (Å²) in [6.07, 6.45) is 0. The Balaban J connectivity index is 2.46. The minimum atomic E-state index is 0.440. The number of halogens is 2. The first-order valence-corrected chi connectivity index (χ1v) is 5.04. The Morgan fingerprint density at radius 1 is 1.23 bits per heavy atom. The van der Waals surface area contributed by atoms with Gasteiger partial charge in [0.25, 0.3) is 0 Å². The molecule has 0 saturated heterocycles. The fraction of sp³-hybridized carbons (Fsp3) is 0. The van der Waals surface area contributed by atoms with Gasteiger partial charge in [-0.3, -0.25) is 0 Å². The van der Waals surface area contributed by atoms with Crippen LogP contribution in [0.3, 0.4) is 0 Å². The van der Waals surface area contributed by atoms with Gasteiger partial charge in [-0.1, -0.05) is 23.7 Å². The summed E-state index contributed by atoms with van der Waals surface area (Å²) in [5, 5.41) is 0.670. The van der Waals surface area contributed by atoms with Crippen LogP contribution in [0.4, 0.5) is 0 Å². The molecule has 0 bridgehead atoms. The fourth-order valence-corrected chi connectivity index (χ4v) is 1.76. The Kier molecular flexibility index (Phi) is 2.49. The molecule has 0 atom stereocenters. The van der Waals surface area contributed by atoms with Crippen molar-refractivity contribution in [3.05, 3.63) is 33.8 Å². The van der Waals surface area contributed by atoms with Crippen LogP contribution in [-0.2, 0) is 0 Å². The summed E-state index contributed by atoms with van der Waals surface area (Å²) in [4.78, 5) is 4.04. The van der Waals surface area contributed by atoms with Gasteiger partial charge in [0, 0.05) is 10.6 Å². The molecule has 0 unspecified atom stereocenters. The molecule has 0 N–H and O–H groups in total. The molecule has 1 aromatic heterocycles. The van der Waals surface area contributed by atoms with E-state index in [0.717, 1.165) is 5.56 Å². The van der Waals surface area contributed by atoms with Crippen LogP contribution in [0.1, 0.15) is 0 Å². The van der Waals surface area contributed by atoms with Crippen molar-refractivity contribution in [3.8, 4) is 11.4 Å².